The second kappa shape index (κ2) is 15.1. The molecule has 2 nitrogen and oxygen atoms in total. The van der Waals surface area contributed by atoms with E-state index in [1.165, 1.54) is 77.3 Å². The maximum Gasteiger partial charge on any atom is 0.0715 e. The van der Waals surface area contributed by atoms with Gasteiger partial charge in [-0.3, -0.25) is 0 Å². The van der Waals surface area contributed by atoms with Crippen LogP contribution in [0.2, 0.25) is 0 Å². The van der Waals surface area contributed by atoms with Crippen molar-refractivity contribution in [3.05, 3.63) is 277 Å². The first-order chi connectivity index (χ1) is 31.2. The standard InChI is InChI=1S/C61H42N2/c1-5-15-43(16-6-1)45-25-30-50(31-26-45)63(51-32-27-46(28-33-51)44-17-7-2-8-18-44)53-35-37-56-55-36-34-52(62-40-39-57-54-24-14-13-19-47(54)29-38-60(57)62)41-58(55)61(59(56)42-53,48-20-9-3-10-21-48)49-22-11-4-12-23-49/h1-42H. The van der Waals surface area contributed by atoms with Gasteiger partial charge in [-0.25, -0.2) is 0 Å². The Kier molecular flexibility index (Phi) is 8.76. The van der Waals surface area contributed by atoms with Gasteiger partial charge in [-0.05, 0) is 127 Å². The summed E-state index contributed by atoms with van der Waals surface area (Å²) in [7, 11) is 0. The Bertz CT molecular complexity index is 3280. The van der Waals surface area contributed by atoms with Gasteiger partial charge in [-0.1, -0.05) is 188 Å². The Morgan fingerprint density at radius 2 is 0.810 bits per heavy atom. The van der Waals surface area contributed by atoms with E-state index in [1.54, 1.807) is 0 Å². The monoisotopic (exact) mass is 802 g/mol. The minimum absolute atomic E-state index is 0.602. The van der Waals surface area contributed by atoms with E-state index in [1.807, 2.05) is 0 Å². The van der Waals surface area contributed by atoms with Crippen molar-refractivity contribution in [3.63, 3.8) is 0 Å². The summed E-state index contributed by atoms with van der Waals surface area (Å²) in [6.07, 6.45) is 2.23. The molecule has 0 spiro atoms. The molecule has 1 heterocycles. The quantitative estimate of drug-likeness (QED) is 0.149. The van der Waals surface area contributed by atoms with Crippen molar-refractivity contribution in [1.29, 1.82) is 0 Å². The number of hydrogen-bond donors (Lipinski definition) is 0. The minimum Gasteiger partial charge on any atom is -0.317 e. The average Bonchev–Trinajstić information content (AvgIpc) is 3.93. The van der Waals surface area contributed by atoms with Crippen molar-refractivity contribution in [2.75, 3.05) is 4.90 Å². The summed E-state index contributed by atoms with van der Waals surface area (Å²) < 4.78 is 2.36. The number of benzene rings is 10. The number of fused-ring (bicyclic) bond motifs is 6. The van der Waals surface area contributed by atoms with E-state index >= 15 is 0 Å². The first-order valence-corrected chi connectivity index (χ1v) is 21.7. The fourth-order valence-corrected chi connectivity index (χ4v) is 10.2. The normalized spacial score (nSPS) is 12.6. The van der Waals surface area contributed by atoms with Gasteiger partial charge >= 0.3 is 0 Å². The van der Waals surface area contributed by atoms with Crippen molar-refractivity contribution in [2.45, 2.75) is 5.41 Å². The molecule has 0 bridgehead atoms. The van der Waals surface area contributed by atoms with Crippen molar-refractivity contribution in [1.82, 2.24) is 4.57 Å². The lowest BCUT2D eigenvalue weighted by Gasteiger charge is -2.35. The van der Waals surface area contributed by atoms with Crippen LogP contribution in [0.5, 0.6) is 0 Å². The Morgan fingerprint density at radius 3 is 1.40 bits per heavy atom. The van der Waals surface area contributed by atoms with E-state index in [4.69, 9.17) is 0 Å². The maximum atomic E-state index is 2.46. The van der Waals surface area contributed by atoms with E-state index in [0.29, 0.717) is 0 Å². The van der Waals surface area contributed by atoms with Gasteiger partial charge in [0.25, 0.3) is 0 Å². The predicted octanol–water partition coefficient (Wildman–Crippen LogP) is 16.0. The van der Waals surface area contributed by atoms with Crippen LogP contribution in [0.3, 0.4) is 0 Å². The van der Waals surface area contributed by atoms with Gasteiger partial charge in [0.2, 0.25) is 0 Å². The molecule has 0 N–H and O–H groups in total. The number of aromatic nitrogens is 1. The van der Waals surface area contributed by atoms with Crippen LogP contribution in [0.25, 0.3) is 60.7 Å². The molecule has 0 aliphatic heterocycles. The molecule has 1 aliphatic carbocycles. The Labute approximate surface area is 368 Å². The molecular formula is C61H42N2. The Hall–Kier alpha value is -8.20. The highest BCUT2D eigenvalue weighted by molar-refractivity contribution is 6.07. The lowest BCUT2D eigenvalue weighted by molar-refractivity contribution is 0.767. The third-order valence-electron chi connectivity index (χ3n) is 13.1. The number of hydrogen-bond acceptors (Lipinski definition) is 1. The molecule has 0 amide bonds. The smallest absolute Gasteiger partial charge is 0.0715 e. The van der Waals surface area contributed by atoms with Gasteiger partial charge in [0, 0.05) is 34.3 Å². The molecule has 296 valence electrons. The number of anilines is 3. The highest BCUT2D eigenvalue weighted by Gasteiger charge is 2.46. The summed E-state index contributed by atoms with van der Waals surface area (Å²) in [5, 5.41) is 3.78. The lowest BCUT2D eigenvalue weighted by atomic mass is 9.67. The van der Waals surface area contributed by atoms with Gasteiger partial charge in [0.15, 0.2) is 0 Å². The van der Waals surface area contributed by atoms with Crippen LogP contribution in [0, 0.1) is 0 Å². The predicted molar refractivity (Wildman–Crippen MR) is 264 cm³/mol. The third kappa shape index (κ3) is 6.02. The van der Waals surface area contributed by atoms with Crippen LogP contribution in [0.15, 0.2) is 255 Å². The van der Waals surface area contributed by atoms with E-state index in [2.05, 4.69) is 264 Å². The molecule has 0 radical (unpaired) electrons. The fraction of sp³-hybridized carbons (Fsp3) is 0.0164. The summed E-state index contributed by atoms with van der Waals surface area (Å²) in [4.78, 5) is 2.41. The zero-order valence-corrected chi connectivity index (χ0v) is 34.6. The fourth-order valence-electron chi connectivity index (χ4n) is 10.2. The van der Waals surface area contributed by atoms with E-state index < -0.39 is 5.41 Å². The third-order valence-corrected chi connectivity index (χ3v) is 13.1. The summed E-state index contributed by atoms with van der Waals surface area (Å²) >= 11 is 0. The first kappa shape index (κ1) is 36.6. The number of rotatable bonds is 8. The van der Waals surface area contributed by atoms with E-state index in [9.17, 15) is 0 Å². The molecule has 12 rings (SSSR count). The zero-order chi connectivity index (χ0) is 41.7. The van der Waals surface area contributed by atoms with Crippen LogP contribution in [0.1, 0.15) is 22.3 Å². The van der Waals surface area contributed by atoms with E-state index in [0.717, 1.165) is 22.7 Å². The summed E-state index contributed by atoms with van der Waals surface area (Å²) in [6.45, 7) is 0. The van der Waals surface area contributed by atoms with Gasteiger partial charge in [-0.15, -0.1) is 0 Å². The number of nitrogens with zero attached hydrogens (tertiary/aromatic N) is 2. The summed E-state index contributed by atoms with van der Waals surface area (Å²) in [5.74, 6) is 0. The van der Waals surface area contributed by atoms with Crippen LogP contribution in [0.4, 0.5) is 17.1 Å². The molecule has 2 heteroatoms. The molecule has 1 aliphatic rings. The highest BCUT2D eigenvalue weighted by atomic mass is 15.1. The molecule has 0 saturated carbocycles. The molecular weight excluding hydrogens is 761 g/mol. The second-order valence-electron chi connectivity index (χ2n) is 16.5. The first-order valence-electron chi connectivity index (χ1n) is 21.7. The lowest BCUT2D eigenvalue weighted by Crippen LogP contribution is -2.29. The van der Waals surface area contributed by atoms with Gasteiger partial charge in [-0.2, -0.15) is 0 Å². The molecule has 0 saturated heterocycles. The highest BCUT2D eigenvalue weighted by Crippen LogP contribution is 2.58. The largest absolute Gasteiger partial charge is 0.317 e. The average molecular weight is 803 g/mol. The van der Waals surface area contributed by atoms with Crippen LogP contribution < -0.4 is 4.90 Å². The van der Waals surface area contributed by atoms with Crippen LogP contribution in [-0.4, -0.2) is 4.57 Å². The van der Waals surface area contributed by atoms with Crippen molar-refractivity contribution < 1.29 is 0 Å². The van der Waals surface area contributed by atoms with Gasteiger partial charge in [0.1, 0.15) is 0 Å². The zero-order valence-electron chi connectivity index (χ0n) is 34.6. The maximum absolute atomic E-state index is 2.46. The van der Waals surface area contributed by atoms with Crippen LogP contribution >= 0.6 is 0 Å². The van der Waals surface area contributed by atoms with Crippen molar-refractivity contribution in [2.24, 2.45) is 0 Å². The molecule has 10 aromatic carbocycles. The Morgan fingerprint density at radius 1 is 0.333 bits per heavy atom. The van der Waals surface area contributed by atoms with Crippen molar-refractivity contribution in [3.8, 4) is 39.1 Å². The van der Waals surface area contributed by atoms with Crippen LogP contribution in [-0.2, 0) is 5.41 Å². The SMILES string of the molecule is c1ccc(-c2ccc(N(c3ccc(-c4ccccc4)cc3)c3ccc4c(c3)C(c3ccccc3)(c3ccccc3)c3cc(-n5ccc6c7ccccc7ccc65)ccc3-4)cc2)cc1. The molecule has 11 aromatic rings. The minimum atomic E-state index is -0.602. The van der Waals surface area contributed by atoms with E-state index in [-0.39, 0.29) is 0 Å². The Balaban J connectivity index is 1.07. The van der Waals surface area contributed by atoms with Gasteiger partial charge < -0.3 is 9.47 Å². The second-order valence-corrected chi connectivity index (χ2v) is 16.5. The molecule has 0 fully saturated rings. The summed E-state index contributed by atoms with van der Waals surface area (Å²) in [6, 6.07) is 91.2. The molecule has 63 heavy (non-hydrogen) atoms. The molecule has 0 unspecified atom stereocenters. The van der Waals surface area contributed by atoms with Gasteiger partial charge in [0.05, 0.1) is 10.9 Å². The topological polar surface area (TPSA) is 8.17 Å². The molecule has 1 aromatic heterocycles. The summed E-state index contributed by atoms with van der Waals surface area (Å²) in [5.41, 5.74) is 17.3. The van der Waals surface area contributed by atoms with Crippen molar-refractivity contribution >= 4 is 38.7 Å². The molecule has 0 atom stereocenters.